The molecule has 0 aromatic rings. The summed E-state index contributed by atoms with van der Waals surface area (Å²) in [6.07, 6.45) is 0. The van der Waals surface area contributed by atoms with Crippen molar-refractivity contribution < 1.29 is 0 Å². The van der Waals surface area contributed by atoms with Crippen LogP contribution in [0.15, 0.2) is 0 Å². The molecule has 0 nitrogen and oxygen atoms in total. The second-order valence-electron chi connectivity index (χ2n) is 0. The first kappa shape index (κ1) is 52.6. The zero-order valence-electron chi connectivity index (χ0n) is 1.22. The maximum atomic E-state index is 0. The fourth-order valence-corrected chi connectivity index (χ4v) is 0. The van der Waals surface area contributed by atoms with Gasteiger partial charge < -0.3 is 0 Å². The Hall–Kier alpha value is 2.40. The normalized spacial score (nSPS) is 0. The molecule has 5 heavy (non-hydrogen) atoms. The minimum atomic E-state index is 0. The van der Waals surface area contributed by atoms with Gasteiger partial charge in [-0.3, -0.25) is 0 Å². The summed E-state index contributed by atoms with van der Waals surface area (Å²) >= 11 is 0. The van der Waals surface area contributed by atoms with E-state index in [0.717, 1.165) is 0 Å². The van der Waals surface area contributed by atoms with Crippen LogP contribution in [0.3, 0.4) is 0 Å². The van der Waals surface area contributed by atoms with Gasteiger partial charge in [-0.1, -0.05) is 0 Å². The molecule has 0 heterocycles. The average molecular weight is 163 g/mol. The Kier molecular flexibility index (Phi) is 340. The summed E-state index contributed by atoms with van der Waals surface area (Å²) in [7, 11) is 0. The molecule has 32 valence electrons. The topological polar surface area (TPSA) is 0 Å². The quantitative estimate of drug-likeness (QED) is 0.420. The molecule has 5 heteroatoms. The Morgan fingerprint density at radius 2 is 0.600 bits per heavy atom. The van der Waals surface area contributed by atoms with Gasteiger partial charge in [-0.15, -0.1) is 37.2 Å². The van der Waals surface area contributed by atoms with Crippen molar-refractivity contribution in [2.75, 3.05) is 0 Å². The third kappa shape index (κ3) is 21.5. The second-order valence-corrected chi connectivity index (χ2v) is 0. The van der Waals surface area contributed by atoms with Crippen molar-refractivity contribution in [1.82, 2.24) is 0 Å². The number of hydrogen-bond donors (Lipinski definition) is 0. The first-order valence-corrected chi connectivity index (χ1v) is 0. The molecule has 0 unspecified atom stereocenters. The standard InChI is InChI=1S/Al.3ClH.Na.4H/h;3*1H;;;;;. The summed E-state index contributed by atoms with van der Waals surface area (Å²) in [6.45, 7) is 0. The van der Waals surface area contributed by atoms with E-state index in [9.17, 15) is 0 Å². The van der Waals surface area contributed by atoms with Gasteiger partial charge in [0.25, 0.3) is 0 Å². The predicted molar refractivity (Wildman–Crippen MR) is 38.8 cm³/mol. The van der Waals surface area contributed by atoms with Gasteiger partial charge in [0.1, 0.15) is 0 Å². The van der Waals surface area contributed by atoms with Crippen LogP contribution in [-0.2, 0) is 0 Å². The van der Waals surface area contributed by atoms with Crippen LogP contribution in [0.2, 0.25) is 0 Å². The van der Waals surface area contributed by atoms with Gasteiger partial charge in [0.05, 0.1) is 0 Å². The van der Waals surface area contributed by atoms with E-state index in [4.69, 9.17) is 0 Å². The third-order valence-electron chi connectivity index (χ3n) is 0. The van der Waals surface area contributed by atoms with E-state index in [1.54, 1.807) is 0 Å². The molecule has 0 aliphatic heterocycles. The summed E-state index contributed by atoms with van der Waals surface area (Å²) in [5.74, 6) is 0. The Labute approximate surface area is 83.1 Å². The van der Waals surface area contributed by atoms with Crippen molar-refractivity contribution in [3.63, 3.8) is 0 Å². The molecule has 0 aromatic heterocycles. The zero-order chi connectivity index (χ0) is 0. The van der Waals surface area contributed by atoms with Crippen molar-refractivity contribution in [1.29, 1.82) is 0 Å². The molecule has 0 aromatic carbocycles. The molecule has 0 atom stereocenters. The van der Waals surface area contributed by atoms with E-state index in [1.807, 2.05) is 0 Å². The third-order valence-corrected chi connectivity index (χ3v) is 0. The van der Waals surface area contributed by atoms with Crippen molar-refractivity contribution in [2.24, 2.45) is 0 Å². The summed E-state index contributed by atoms with van der Waals surface area (Å²) in [4.78, 5) is 0. The molecule has 0 amide bonds. The van der Waals surface area contributed by atoms with E-state index >= 15 is 0 Å². The molecule has 0 aliphatic carbocycles. The molecule has 0 radical (unpaired) electrons. The van der Waals surface area contributed by atoms with Crippen LogP contribution in [0.1, 0.15) is 0 Å². The van der Waals surface area contributed by atoms with E-state index < -0.39 is 0 Å². The number of halogens is 3. The second kappa shape index (κ2) is 32.4. The van der Waals surface area contributed by atoms with Gasteiger partial charge in [0.2, 0.25) is 0 Å². The van der Waals surface area contributed by atoms with Crippen LogP contribution >= 0.6 is 37.2 Å². The first-order valence-electron chi connectivity index (χ1n) is 0. The van der Waals surface area contributed by atoms with Gasteiger partial charge in [0.15, 0.2) is 17.4 Å². The van der Waals surface area contributed by atoms with Gasteiger partial charge >= 0.3 is 29.6 Å². The molecule has 0 aliphatic rings. The summed E-state index contributed by atoms with van der Waals surface area (Å²) in [5.41, 5.74) is 0. The Balaban J connectivity index is 0. The minimum absolute atomic E-state index is 0. The van der Waals surface area contributed by atoms with E-state index in [0.29, 0.717) is 0 Å². The van der Waals surface area contributed by atoms with Crippen LogP contribution in [0.25, 0.3) is 0 Å². The average Bonchev–Trinajstić information content (AvgIpc) is 0. The molecule has 0 fully saturated rings. The van der Waals surface area contributed by atoms with E-state index in [-0.39, 0.29) is 84.1 Å². The van der Waals surface area contributed by atoms with Crippen LogP contribution in [-0.4, -0.2) is 46.9 Å². The number of rotatable bonds is 0. The Morgan fingerprint density at radius 3 is 0.600 bits per heavy atom. The SMILES string of the molecule is Cl.Cl.Cl.[AlH3].[NaH]. The van der Waals surface area contributed by atoms with Gasteiger partial charge in [-0.05, 0) is 0 Å². The molecule has 0 saturated heterocycles. The molecule has 0 spiro atoms. The number of hydrogen-bond acceptors (Lipinski definition) is 0. The summed E-state index contributed by atoms with van der Waals surface area (Å²) < 4.78 is 0. The molecular formula is H7AlCl3Na. The predicted octanol–water partition coefficient (Wildman–Crippen LogP) is -0.567. The van der Waals surface area contributed by atoms with Gasteiger partial charge in [-0.2, -0.15) is 0 Å². The van der Waals surface area contributed by atoms with Crippen LogP contribution in [0, 0.1) is 0 Å². The molecule has 0 saturated carbocycles. The van der Waals surface area contributed by atoms with Crippen LogP contribution in [0.5, 0.6) is 0 Å². The monoisotopic (exact) mass is 162 g/mol. The maximum absolute atomic E-state index is 0. The van der Waals surface area contributed by atoms with Crippen molar-refractivity contribution in [3.8, 4) is 0 Å². The summed E-state index contributed by atoms with van der Waals surface area (Å²) in [6, 6.07) is 0. The molecule has 0 N–H and O–H groups in total. The van der Waals surface area contributed by atoms with Crippen LogP contribution in [0.4, 0.5) is 0 Å². The van der Waals surface area contributed by atoms with Crippen molar-refractivity contribution >= 4 is 84.1 Å². The fourth-order valence-electron chi connectivity index (χ4n) is 0. The molecule has 0 bridgehead atoms. The Bertz CT molecular complexity index is 6.85. The van der Waals surface area contributed by atoms with Crippen LogP contribution < -0.4 is 0 Å². The molecule has 0 rings (SSSR count). The molecular weight excluding hydrogens is 156 g/mol. The van der Waals surface area contributed by atoms with E-state index in [2.05, 4.69) is 0 Å². The van der Waals surface area contributed by atoms with E-state index in [1.165, 1.54) is 0 Å². The summed E-state index contributed by atoms with van der Waals surface area (Å²) in [5, 5.41) is 0. The van der Waals surface area contributed by atoms with Gasteiger partial charge in [-0.25, -0.2) is 0 Å². The van der Waals surface area contributed by atoms with Gasteiger partial charge in [0, 0.05) is 0 Å². The first-order chi connectivity index (χ1) is 0. The zero-order valence-corrected chi connectivity index (χ0v) is 3.67. The fraction of sp³-hybridized carbons (Fsp3) is 0. The van der Waals surface area contributed by atoms with Crippen molar-refractivity contribution in [3.05, 3.63) is 0 Å². The van der Waals surface area contributed by atoms with Crippen molar-refractivity contribution in [2.45, 2.75) is 0 Å². The Morgan fingerprint density at radius 1 is 0.600 bits per heavy atom.